The third-order valence-electron chi connectivity index (χ3n) is 5.60. The van der Waals surface area contributed by atoms with E-state index in [-0.39, 0.29) is 11.9 Å². The Morgan fingerprint density at radius 1 is 1.35 bits per heavy atom. The molecule has 2 N–H and O–H groups in total. The van der Waals surface area contributed by atoms with Gasteiger partial charge in [0, 0.05) is 18.8 Å². The molecular weight excluding hydrogens is 328 g/mol. The number of rotatable bonds is 5. The van der Waals surface area contributed by atoms with Crippen LogP contribution in [0.1, 0.15) is 54.7 Å². The van der Waals surface area contributed by atoms with Crippen LogP contribution in [-0.4, -0.2) is 41.0 Å². The SMILES string of the molecule is Cc1nc2c(OCC3CCCCC3)cccn2c1C(=O)N[C@H]1CCNC1. The Kier molecular flexibility index (Phi) is 5.11. The highest BCUT2D eigenvalue weighted by Crippen LogP contribution is 2.27. The molecule has 1 saturated carbocycles. The van der Waals surface area contributed by atoms with Crippen molar-refractivity contribution in [1.82, 2.24) is 20.0 Å². The number of aromatic nitrogens is 2. The van der Waals surface area contributed by atoms with E-state index >= 15 is 0 Å². The second-order valence-electron chi connectivity index (χ2n) is 7.59. The molecule has 0 aromatic carbocycles. The smallest absolute Gasteiger partial charge is 0.270 e. The number of hydrogen-bond donors (Lipinski definition) is 2. The molecule has 1 amide bonds. The van der Waals surface area contributed by atoms with E-state index in [1.54, 1.807) is 0 Å². The van der Waals surface area contributed by atoms with Crippen LogP contribution in [-0.2, 0) is 0 Å². The zero-order valence-corrected chi connectivity index (χ0v) is 15.5. The minimum Gasteiger partial charge on any atom is -0.489 e. The number of carbonyl (C=O) groups excluding carboxylic acids is 1. The zero-order valence-electron chi connectivity index (χ0n) is 15.5. The van der Waals surface area contributed by atoms with E-state index in [4.69, 9.17) is 4.74 Å². The number of imidazole rings is 1. The van der Waals surface area contributed by atoms with Crippen LogP contribution in [0.2, 0.25) is 0 Å². The van der Waals surface area contributed by atoms with Gasteiger partial charge in [0.1, 0.15) is 5.69 Å². The van der Waals surface area contributed by atoms with Crippen molar-refractivity contribution in [2.24, 2.45) is 5.92 Å². The van der Waals surface area contributed by atoms with Crippen LogP contribution in [0.3, 0.4) is 0 Å². The molecule has 1 atom stereocenters. The maximum Gasteiger partial charge on any atom is 0.270 e. The fourth-order valence-corrected chi connectivity index (χ4v) is 4.14. The first-order valence-corrected chi connectivity index (χ1v) is 9.84. The number of carbonyl (C=O) groups is 1. The fourth-order valence-electron chi connectivity index (χ4n) is 4.14. The molecule has 2 fully saturated rings. The standard InChI is InChI=1S/C20H28N4O2/c1-14-18(20(25)23-16-9-10-21-12-16)24-11-5-8-17(19(24)22-14)26-13-15-6-3-2-4-7-15/h5,8,11,15-16,21H,2-4,6-7,9-10,12-13H2,1H3,(H,23,25)/t16-/m0/s1. The third-order valence-corrected chi connectivity index (χ3v) is 5.60. The molecule has 0 radical (unpaired) electrons. The lowest BCUT2D eigenvalue weighted by Gasteiger charge is -2.21. The lowest BCUT2D eigenvalue weighted by molar-refractivity contribution is 0.0933. The van der Waals surface area contributed by atoms with E-state index in [0.29, 0.717) is 11.6 Å². The van der Waals surface area contributed by atoms with Crippen LogP contribution in [0.4, 0.5) is 0 Å². The summed E-state index contributed by atoms with van der Waals surface area (Å²) < 4.78 is 7.98. The third kappa shape index (κ3) is 3.56. The summed E-state index contributed by atoms with van der Waals surface area (Å²) in [5.41, 5.74) is 2.08. The van der Waals surface area contributed by atoms with Crippen molar-refractivity contribution in [2.45, 2.75) is 51.5 Å². The first-order valence-electron chi connectivity index (χ1n) is 9.84. The molecule has 0 unspecified atom stereocenters. The van der Waals surface area contributed by atoms with Gasteiger partial charge in [-0.1, -0.05) is 19.3 Å². The summed E-state index contributed by atoms with van der Waals surface area (Å²) in [5, 5.41) is 6.39. The molecule has 0 spiro atoms. The van der Waals surface area contributed by atoms with Gasteiger partial charge in [-0.3, -0.25) is 9.20 Å². The van der Waals surface area contributed by atoms with Gasteiger partial charge in [0.05, 0.1) is 12.3 Å². The molecule has 4 rings (SSSR count). The van der Waals surface area contributed by atoms with Crippen molar-refractivity contribution in [3.8, 4) is 5.75 Å². The minimum absolute atomic E-state index is 0.0619. The largest absolute Gasteiger partial charge is 0.489 e. The van der Waals surface area contributed by atoms with E-state index in [2.05, 4.69) is 15.6 Å². The van der Waals surface area contributed by atoms with E-state index in [1.165, 1.54) is 32.1 Å². The predicted octanol–water partition coefficient (Wildman–Crippen LogP) is 2.69. The highest BCUT2D eigenvalue weighted by atomic mass is 16.5. The van der Waals surface area contributed by atoms with Crippen LogP contribution in [0.25, 0.3) is 5.65 Å². The van der Waals surface area contributed by atoms with Crippen LogP contribution >= 0.6 is 0 Å². The van der Waals surface area contributed by atoms with E-state index < -0.39 is 0 Å². The van der Waals surface area contributed by atoms with Crippen LogP contribution in [0.5, 0.6) is 5.75 Å². The van der Waals surface area contributed by atoms with E-state index in [9.17, 15) is 4.79 Å². The van der Waals surface area contributed by atoms with Gasteiger partial charge < -0.3 is 15.4 Å². The Labute approximate surface area is 154 Å². The summed E-state index contributed by atoms with van der Waals surface area (Å²) >= 11 is 0. The number of pyridine rings is 1. The quantitative estimate of drug-likeness (QED) is 0.864. The molecular formula is C20H28N4O2. The van der Waals surface area contributed by atoms with E-state index in [0.717, 1.165) is 43.2 Å². The fraction of sp³-hybridized carbons (Fsp3) is 0.600. The molecule has 1 aliphatic carbocycles. The van der Waals surface area contributed by atoms with Crippen LogP contribution in [0.15, 0.2) is 18.3 Å². The Balaban J connectivity index is 1.53. The van der Waals surface area contributed by atoms with Crippen molar-refractivity contribution in [3.05, 3.63) is 29.7 Å². The number of amides is 1. The maximum absolute atomic E-state index is 12.8. The maximum atomic E-state index is 12.8. The van der Waals surface area contributed by atoms with Crippen molar-refractivity contribution in [1.29, 1.82) is 0 Å². The number of nitrogens with zero attached hydrogens (tertiary/aromatic N) is 2. The first kappa shape index (κ1) is 17.3. The number of fused-ring (bicyclic) bond motifs is 1. The average Bonchev–Trinajstić information content (AvgIpc) is 3.27. The van der Waals surface area contributed by atoms with Gasteiger partial charge in [-0.25, -0.2) is 4.98 Å². The Hall–Kier alpha value is -2.08. The molecule has 0 bridgehead atoms. The second-order valence-corrected chi connectivity index (χ2v) is 7.59. The van der Waals surface area contributed by atoms with Gasteiger partial charge in [0.15, 0.2) is 11.4 Å². The lowest BCUT2D eigenvalue weighted by Crippen LogP contribution is -2.37. The number of nitrogens with one attached hydrogen (secondary N) is 2. The Morgan fingerprint density at radius 3 is 2.96 bits per heavy atom. The van der Waals surface area contributed by atoms with Gasteiger partial charge in [0.25, 0.3) is 5.91 Å². The van der Waals surface area contributed by atoms with Crippen molar-refractivity contribution < 1.29 is 9.53 Å². The van der Waals surface area contributed by atoms with Crippen molar-refractivity contribution in [3.63, 3.8) is 0 Å². The van der Waals surface area contributed by atoms with Crippen molar-refractivity contribution >= 4 is 11.6 Å². The highest BCUT2D eigenvalue weighted by molar-refractivity contribution is 5.95. The van der Waals surface area contributed by atoms with Gasteiger partial charge in [-0.05, 0) is 50.8 Å². The lowest BCUT2D eigenvalue weighted by atomic mass is 9.90. The number of ether oxygens (including phenoxy) is 1. The summed E-state index contributed by atoms with van der Waals surface area (Å²) in [5.74, 6) is 1.34. The second kappa shape index (κ2) is 7.66. The normalized spacial score (nSPS) is 21.2. The molecule has 1 saturated heterocycles. The van der Waals surface area contributed by atoms with Crippen LogP contribution < -0.4 is 15.4 Å². The van der Waals surface area contributed by atoms with Crippen molar-refractivity contribution in [2.75, 3.05) is 19.7 Å². The molecule has 2 aromatic heterocycles. The predicted molar refractivity (Wildman–Crippen MR) is 101 cm³/mol. The molecule has 2 aromatic rings. The zero-order chi connectivity index (χ0) is 17.9. The molecule has 6 heteroatoms. The molecule has 6 nitrogen and oxygen atoms in total. The minimum atomic E-state index is -0.0619. The molecule has 140 valence electrons. The molecule has 26 heavy (non-hydrogen) atoms. The monoisotopic (exact) mass is 356 g/mol. The van der Waals surface area contributed by atoms with E-state index in [1.807, 2.05) is 29.7 Å². The summed E-state index contributed by atoms with van der Waals surface area (Å²) in [7, 11) is 0. The number of aryl methyl sites for hydroxylation is 1. The number of hydrogen-bond acceptors (Lipinski definition) is 4. The highest BCUT2D eigenvalue weighted by Gasteiger charge is 2.23. The molecule has 3 heterocycles. The summed E-state index contributed by atoms with van der Waals surface area (Å²) in [6.45, 7) is 4.41. The Morgan fingerprint density at radius 2 is 2.19 bits per heavy atom. The Bertz CT molecular complexity index is 773. The molecule has 2 aliphatic rings. The summed E-state index contributed by atoms with van der Waals surface area (Å²) in [6.07, 6.45) is 9.32. The van der Waals surface area contributed by atoms with Gasteiger partial charge >= 0.3 is 0 Å². The van der Waals surface area contributed by atoms with Gasteiger partial charge in [-0.15, -0.1) is 0 Å². The average molecular weight is 356 g/mol. The summed E-state index contributed by atoms with van der Waals surface area (Å²) in [6, 6.07) is 4.07. The first-order chi connectivity index (χ1) is 12.7. The van der Waals surface area contributed by atoms with Crippen LogP contribution in [0, 0.1) is 12.8 Å². The summed E-state index contributed by atoms with van der Waals surface area (Å²) in [4.78, 5) is 17.4. The van der Waals surface area contributed by atoms with Gasteiger partial charge in [-0.2, -0.15) is 0 Å². The van der Waals surface area contributed by atoms with Gasteiger partial charge in [0.2, 0.25) is 0 Å². The molecule has 1 aliphatic heterocycles. The topological polar surface area (TPSA) is 67.7 Å².